The fourth-order valence-corrected chi connectivity index (χ4v) is 1.53. The summed E-state index contributed by atoms with van der Waals surface area (Å²) in [6.07, 6.45) is 3.30. The van der Waals surface area contributed by atoms with E-state index in [4.69, 9.17) is 22.6 Å². The van der Waals surface area contributed by atoms with Crippen molar-refractivity contribution >= 4 is 22.6 Å². The Labute approximate surface area is 97.4 Å². The Morgan fingerprint density at radius 3 is 3.06 bits per heavy atom. The van der Waals surface area contributed by atoms with E-state index in [0.717, 1.165) is 5.52 Å². The minimum Gasteiger partial charge on any atom is -0.312 e. The molecule has 0 aliphatic rings. The molecule has 2 aromatic rings. The Hall–Kier alpha value is -1.64. The van der Waals surface area contributed by atoms with Gasteiger partial charge in [-0.1, -0.05) is 11.6 Å². The van der Waals surface area contributed by atoms with Crippen LogP contribution in [-0.4, -0.2) is 20.3 Å². The minimum absolute atomic E-state index is 0.317. The van der Waals surface area contributed by atoms with E-state index < -0.39 is 5.54 Å². The van der Waals surface area contributed by atoms with Crippen molar-refractivity contribution in [2.24, 2.45) is 5.73 Å². The van der Waals surface area contributed by atoms with E-state index in [0.29, 0.717) is 17.1 Å². The predicted molar refractivity (Wildman–Crippen MR) is 60.7 cm³/mol. The van der Waals surface area contributed by atoms with Crippen LogP contribution in [0.5, 0.6) is 0 Å². The van der Waals surface area contributed by atoms with Crippen molar-refractivity contribution in [2.45, 2.75) is 19.0 Å². The van der Waals surface area contributed by atoms with Gasteiger partial charge < -0.3 is 5.73 Å². The number of nitriles is 1. The summed E-state index contributed by atoms with van der Waals surface area (Å²) in [6.45, 7) is 1.97. The molecule has 0 bridgehead atoms. The molecule has 82 valence electrons. The van der Waals surface area contributed by atoms with Gasteiger partial charge in [0.2, 0.25) is 0 Å². The number of rotatable bonds is 2. The maximum atomic E-state index is 8.82. The zero-order valence-electron chi connectivity index (χ0n) is 8.68. The monoisotopic (exact) mass is 235 g/mol. The third kappa shape index (κ3) is 2.13. The maximum absolute atomic E-state index is 8.82. The van der Waals surface area contributed by atoms with Gasteiger partial charge in [0.05, 0.1) is 23.8 Å². The summed E-state index contributed by atoms with van der Waals surface area (Å²) in [4.78, 5) is 4.12. The molecular weight excluding hydrogens is 226 g/mol. The van der Waals surface area contributed by atoms with Crippen LogP contribution >= 0.6 is 11.6 Å². The molecule has 1 unspecified atom stereocenters. The van der Waals surface area contributed by atoms with Gasteiger partial charge in [0.15, 0.2) is 0 Å². The first-order valence-electron chi connectivity index (χ1n) is 4.69. The van der Waals surface area contributed by atoms with E-state index in [1.54, 1.807) is 30.1 Å². The molecule has 0 aliphatic carbocycles. The highest BCUT2D eigenvalue weighted by Gasteiger charge is 2.18. The molecule has 0 amide bonds. The summed E-state index contributed by atoms with van der Waals surface area (Å²) < 4.78 is 1.61. The summed E-state index contributed by atoms with van der Waals surface area (Å²) in [6, 6.07) is 3.74. The van der Waals surface area contributed by atoms with Crippen LogP contribution in [0.2, 0.25) is 5.02 Å². The molecule has 0 saturated heterocycles. The van der Waals surface area contributed by atoms with E-state index in [-0.39, 0.29) is 0 Å². The van der Waals surface area contributed by atoms with Crippen LogP contribution < -0.4 is 5.73 Å². The minimum atomic E-state index is -0.939. The molecule has 0 fully saturated rings. The number of fused-ring (bicyclic) bond motifs is 1. The largest absolute Gasteiger partial charge is 0.312 e. The van der Waals surface area contributed by atoms with Crippen molar-refractivity contribution in [3.8, 4) is 6.07 Å². The molecule has 0 spiro atoms. The molecule has 2 heterocycles. The van der Waals surface area contributed by atoms with Gasteiger partial charge in [-0.15, -0.1) is 0 Å². The third-order valence-corrected chi connectivity index (χ3v) is 2.32. The Balaban J connectivity index is 2.38. The van der Waals surface area contributed by atoms with Gasteiger partial charge >= 0.3 is 0 Å². The molecule has 2 N–H and O–H groups in total. The first-order chi connectivity index (χ1) is 7.50. The highest BCUT2D eigenvalue weighted by atomic mass is 35.5. The summed E-state index contributed by atoms with van der Waals surface area (Å²) in [5, 5.41) is 13.6. The molecule has 0 saturated carbocycles. The summed E-state index contributed by atoms with van der Waals surface area (Å²) >= 11 is 5.80. The lowest BCUT2D eigenvalue weighted by Gasteiger charge is -2.14. The first kappa shape index (κ1) is 10.9. The smallest absolute Gasteiger partial charge is 0.121 e. The molecular formula is C10H10ClN5. The van der Waals surface area contributed by atoms with E-state index in [9.17, 15) is 0 Å². The quantitative estimate of drug-likeness (QED) is 0.852. The lowest BCUT2D eigenvalue weighted by Crippen LogP contribution is -2.39. The normalized spacial score (nSPS) is 14.6. The first-order valence-corrected chi connectivity index (χ1v) is 5.07. The Kier molecular flexibility index (Phi) is 2.54. The van der Waals surface area contributed by atoms with Crippen LogP contribution in [-0.2, 0) is 6.54 Å². The summed E-state index contributed by atoms with van der Waals surface area (Å²) in [5.41, 5.74) is 6.22. The average Bonchev–Trinajstić information content (AvgIpc) is 2.58. The molecule has 0 aromatic carbocycles. The maximum Gasteiger partial charge on any atom is 0.121 e. The Morgan fingerprint density at radius 2 is 2.38 bits per heavy atom. The highest BCUT2D eigenvalue weighted by molar-refractivity contribution is 6.31. The van der Waals surface area contributed by atoms with Gasteiger partial charge in [-0.2, -0.15) is 10.4 Å². The molecule has 0 aliphatic heterocycles. The Morgan fingerprint density at radius 1 is 1.62 bits per heavy atom. The van der Waals surface area contributed by atoms with Gasteiger partial charge in [0.25, 0.3) is 0 Å². The SMILES string of the molecule is CC(N)(C#N)Cn1cc2ncc(Cl)cc2n1. The Bertz CT molecular complexity index is 566. The van der Waals surface area contributed by atoms with Crippen molar-refractivity contribution in [3.05, 3.63) is 23.5 Å². The standard InChI is InChI=1S/C10H10ClN5/c1-10(13,5-12)6-16-4-9-8(15-16)2-7(11)3-14-9/h2-4H,6,13H2,1H3. The van der Waals surface area contributed by atoms with Gasteiger partial charge in [-0.25, -0.2) is 0 Å². The van der Waals surface area contributed by atoms with Gasteiger partial charge in [-0.05, 0) is 13.0 Å². The van der Waals surface area contributed by atoms with Gasteiger partial charge in [0, 0.05) is 6.20 Å². The lowest BCUT2D eigenvalue weighted by molar-refractivity contribution is 0.462. The fourth-order valence-electron chi connectivity index (χ4n) is 1.38. The second-order valence-corrected chi connectivity index (χ2v) is 4.35. The van der Waals surface area contributed by atoms with E-state index in [2.05, 4.69) is 10.1 Å². The number of hydrogen-bond acceptors (Lipinski definition) is 4. The molecule has 1 atom stereocenters. The van der Waals surface area contributed by atoms with Crippen molar-refractivity contribution in [1.82, 2.24) is 14.8 Å². The average molecular weight is 236 g/mol. The number of pyridine rings is 1. The van der Waals surface area contributed by atoms with Crippen molar-refractivity contribution < 1.29 is 0 Å². The number of nitrogens with two attached hydrogens (primary N) is 1. The second-order valence-electron chi connectivity index (χ2n) is 3.91. The van der Waals surface area contributed by atoms with E-state index in [1.165, 1.54) is 0 Å². The summed E-state index contributed by atoms with van der Waals surface area (Å²) in [7, 11) is 0. The van der Waals surface area contributed by atoms with Gasteiger partial charge in [0.1, 0.15) is 16.6 Å². The van der Waals surface area contributed by atoms with E-state index >= 15 is 0 Å². The van der Waals surface area contributed by atoms with Crippen LogP contribution in [0, 0.1) is 11.3 Å². The van der Waals surface area contributed by atoms with Crippen molar-refractivity contribution in [3.63, 3.8) is 0 Å². The zero-order valence-corrected chi connectivity index (χ0v) is 9.44. The second kappa shape index (κ2) is 3.74. The van der Waals surface area contributed by atoms with Crippen molar-refractivity contribution in [2.75, 3.05) is 0 Å². The zero-order chi connectivity index (χ0) is 11.8. The summed E-state index contributed by atoms with van der Waals surface area (Å²) in [5.74, 6) is 0. The third-order valence-electron chi connectivity index (χ3n) is 2.12. The topological polar surface area (TPSA) is 80.5 Å². The molecule has 5 nitrogen and oxygen atoms in total. The number of nitrogens with zero attached hydrogens (tertiary/aromatic N) is 4. The molecule has 0 radical (unpaired) electrons. The fraction of sp³-hybridized carbons (Fsp3) is 0.300. The molecule has 6 heteroatoms. The van der Waals surface area contributed by atoms with Gasteiger partial charge in [-0.3, -0.25) is 9.67 Å². The lowest BCUT2D eigenvalue weighted by atomic mass is 10.1. The molecule has 2 rings (SSSR count). The van der Waals surface area contributed by atoms with Crippen LogP contribution in [0.1, 0.15) is 6.92 Å². The van der Waals surface area contributed by atoms with E-state index in [1.807, 2.05) is 6.07 Å². The number of aromatic nitrogens is 3. The van der Waals surface area contributed by atoms with Crippen LogP contribution in [0.15, 0.2) is 18.5 Å². The predicted octanol–water partition coefficient (Wildman–Crippen LogP) is 1.33. The van der Waals surface area contributed by atoms with Crippen LogP contribution in [0.4, 0.5) is 0 Å². The highest BCUT2D eigenvalue weighted by Crippen LogP contribution is 2.15. The van der Waals surface area contributed by atoms with Crippen LogP contribution in [0.3, 0.4) is 0 Å². The number of hydrogen-bond donors (Lipinski definition) is 1. The van der Waals surface area contributed by atoms with Crippen LogP contribution in [0.25, 0.3) is 11.0 Å². The van der Waals surface area contributed by atoms with Crippen molar-refractivity contribution in [1.29, 1.82) is 5.26 Å². The molecule has 2 aromatic heterocycles. The molecule has 16 heavy (non-hydrogen) atoms. The number of halogens is 1.